The number of hydrogen-bond donors (Lipinski definition) is 2. The van der Waals surface area contributed by atoms with E-state index in [0.29, 0.717) is 22.8 Å². The molecular formula is C32H46ClN3O4. The van der Waals surface area contributed by atoms with Gasteiger partial charge >= 0.3 is 6.09 Å². The van der Waals surface area contributed by atoms with Crippen molar-refractivity contribution in [3.8, 4) is 0 Å². The van der Waals surface area contributed by atoms with Gasteiger partial charge in [-0.2, -0.15) is 0 Å². The maximum Gasteiger partial charge on any atom is 0.408 e. The minimum absolute atomic E-state index is 0.357. The number of halogens is 1. The molecule has 0 aliphatic heterocycles. The largest absolute Gasteiger partial charge is 0.444 e. The lowest BCUT2D eigenvalue weighted by atomic mass is 9.98. The summed E-state index contributed by atoms with van der Waals surface area (Å²) in [5, 5.41) is 6.08. The number of alkyl carbamates (subject to hydrolysis) is 1. The second-order valence-electron chi connectivity index (χ2n) is 11.6. The molecule has 7 nitrogen and oxygen atoms in total. The SMILES string of the molecule is CCCCCCCN(C(=O)C(C)NC(=O)OC(C)(C)C)C(C(=O)Nc1c(C)cccc1Cl)c1cc(C)cc(C)c1. The van der Waals surface area contributed by atoms with Crippen LogP contribution in [0.4, 0.5) is 10.5 Å². The molecule has 0 fully saturated rings. The fourth-order valence-corrected chi connectivity index (χ4v) is 4.94. The third-order valence-electron chi connectivity index (χ3n) is 6.48. The van der Waals surface area contributed by atoms with E-state index in [1.807, 2.05) is 51.1 Å². The van der Waals surface area contributed by atoms with Crippen molar-refractivity contribution in [2.75, 3.05) is 11.9 Å². The molecule has 0 saturated heterocycles. The fraction of sp³-hybridized carbons (Fsp3) is 0.531. The molecular weight excluding hydrogens is 526 g/mol. The second-order valence-corrected chi connectivity index (χ2v) is 12.0. The lowest BCUT2D eigenvalue weighted by Gasteiger charge is -2.34. The molecule has 0 aliphatic rings. The Morgan fingerprint density at radius 1 is 0.975 bits per heavy atom. The predicted octanol–water partition coefficient (Wildman–Crippen LogP) is 7.66. The first kappa shape index (κ1) is 33.1. The molecule has 2 aromatic carbocycles. The Morgan fingerprint density at radius 3 is 2.17 bits per heavy atom. The number of amides is 3. The molecule has 0 aromatic heterocycles. The van der Waals surface area contributed by atoms with Crippen molar-refractivity contribution in [2.24, 2.45) is 0 Å². The van der Waals surface area contributed by atoms with E-state index in [1.54, 1.807) is 38.7 Å². The zero-order valence-corrected chi connectivity index (χ0v) is 26.1. The van der Waals surface area contributed by atoms with Gasteiger partial charge in [-0.25, -0.2) is 4.79 Å². The number of benzene rings is 2. The molecule has 0 heterocycles. The summed E-state index contributed by atoms with van der Waals surface area (Å²) in [5.74, 6) is -0.732. The van der Waals surface area contributed by atoms with Crippen LogP contribution in [-0.4, -0.2) is 41.0 Å². The van der Waals surface area contributed by atoms with Gasteiger partial charge in [-0.05, 0) is 72.1 Å². The number of carbonyl (C=O) groups is 3. The molecule has 8 heteroatoms. The summed E-state index contributed by atoms with van der Waals surface area (Å²) in [6.07, 6.45) is 4.22. The molecule has 0 spiro atoms. The van der Waals surface area contributed by atoms with Crippen molar-refractivity contribution in [2.45, 2.75) is 105 Å². The Morgan fingerprint density at radius 2 is 1.60 bits per heavy atom. The maximum absolute atomic E-state index is 14.1. The summed E-state index contributed by atoms with van der Waals surface area (Å²) in [7, 11) is 0. The molecule has 2 rings (SSSR count). The quantitative estimate of drug-likeness (QED) is 0.256. The van der Waals surface area contributed by atoms with Gasteiger partial charge in [-0.3, -0.25) is 9.59 Å². The van der Waals surface area contributed by atoms with Crippen molar-refractivity contribution >= 4 is 35.2 Å². The summed E-state index contributed by atoms with van der Waals surface area (Å²) in [5.41, 5.74) is 3.29. The molecule has 0 radical (unpaired) electrons. The Hall–Kier alpha value is -3.06. The number of rotatable bonds is 12. The first-order chi connectivity index (χ1) is 18.7. The fourth-order valence-electron chi connectivity index (χ4n) is 4.67. The summed E-state index contributed by atoms with van der Waals surface area (Å²) >= 11 is 6.45. The minimum Gasteiger partial charge on any atom is -0.444 e. The van der Waals surface area contributed by atoms with E-state index in [-0.39, 0.29) is 11.8 Å². The van der Waals surface area contributed by atoms with Gasteiger partial charge < -0.3 is 20.3 Å². The van der Waals surface area contributed by atoms with Gasteiger partial charge in [0.2, 0.25) is 5.91 Å². The molecule has 2 atom stereocenters. The summed E-state index contributed by atoms with van der Waals surface area (Å²) in [6, 6.07) is 9.46. The van der Waals surface area contributed by atoms with E-state index in [2.05, 4.69) is 17.6 Å². The van der Waals surface area contributed by atoms with Crippen LogP contribution in [0.1, 0.15) is 95.0 Å². The maximum atomic E-state index is 14.1. The van der Waals surface area contributed by atoms with Crippen molar-refractivity contribution < 1.29 is 19.1 Å². The highest BCUT2D eigenvalue weighted by atomic mass is 35.5. The van der Waals surface area contributed by atoms with Crippen molar-refractivity contribution in [1.29, 1.82) is 0 Å². The van der Waals surface area contributed by atoms with Gasteiger partial charge in [-0.1, -0.05) is 85.7 Å². The van der Waals surface area contributed by atoms with Gasteiger partial charge in [0.1, 0.15) is 17.7 Å². The number of nitrogens with one attached hydrogen (secondary N) is 2. The zero-order valence-electron chi connectivity index (χ0n) is 25.3. The molecule has 0 bridgehead atoms. The van der Waals surface area contributed by atoms with Gasteiger partial charge in [0.05, 0.1) is 10.7 Å². The van der Waals surface area contributed by atoms with E-state index in [1.165, 1.54) is 0 Å². The average molecular weight is 572 g/mol. The number of aryl methyl sites for hydroxylation is 3. The van der Waals surface area contributed by atoms with E-state index >= 15 is 0 Å². The van der Waals surface area contributed by atoms with Crippen LogP contribution in [0, 0.1) is 20.8 Å². The topological polar surface area (TPSA) is 87.7 Å². The van der Waals surface area contributed by atoms with Crippen LogP contribution in [0.5, 0.6) is 0 Å². The molecule has 0 aliphatic carbocycles. The smallest absolute Gasteiger partial charge is 0.408 e. The standard InChI is InChI=1S/C32H46ClN3O4/c1-9-10-11-12-13-17-36(30(38)24(5)34-31(39)40-32(6,7)8)28(25-19-21(2)18-22(3)20-25)29(37)35-27-23(4)15-14-16-26(27)33/h14-16,18-20,24,28H,9-13,17H2,1-8H3,(H,34,39)(H,35,37). The monoisotopic (exact) mass is 571 g/mol. The number of anilines is 1. The van der Waals surface area contributed by atoms with Crippen LogP contribution in [0.25, 0.3) is 0 Å². The third kappa shape index (κ3) is 10.2. The van der Waals surface area contributed by atoms with Gasteiger partial charge in [0, 0.05) is 6.54 Å². The number of ether oxygens (including phenoxy) is 1. The molecule has 2 unspecified atom stereocenters. The van der Waals surface area contributed by atoms with E-state index in [0.717, 1.165) is 48.8 Å². The van der Waals surface area contributed by atoms with Gasteiger partial charge in [0.15, 0.2) is 0 Å². The third-order valence-corrected chi connectivity index (χ3v) is 6.79. The number of carbonyl (C=O) groups excluding carboxylic acids is 3. The Balaban J connectivity index is 2.51. The van der Waals surface area contributed by atoms with Gasteiger partial charge in [0.25, 0.3) is 5.91 Å². The zero-order chi connectivity index (χ0) is 30.0. The molecule has 2 N–H and O–H groups in total. The van der Waals surface area contributed by atoms with E-state index < -0.39 is 23.8 Å². The average Bonchev–Trinajstić information content (AvgIpc) is 2.83. The van der Waals surface area contributed by atoms with Crippen LogP contribution in [0.15, 0.2) is 36.4 Å². The Bertz CT molecular complexity index is 1130. The van der Waals surface area contributed by atoms with Crippen molar-refractivity contribution in [1.82, 2.24) is 10.2 Å². The molecule has 0 saturated carbocycles. The van der Waals surface area contributed by atoms with Crippen LogP contribution in [0.2, 0.25) is 5.02 Å². The highest BCUT2D eigenvalue weighted by Crippen LogP contribution is 2.30. The molecule has 3 amide bonds. The Kier molecular flexibility index (Phi) is 12.5. The second kappa shape index (κ2) is 15.1. The van der Waals surface area contributed by atoms with Gasteiger partial charge in [-0.15, -0.1) is 0 Å². The number of hydrogen-bond acceptors (Lipinski definition) is 4. The van der Waals surface area contributed by atoms with Crippen LogP contribution in [0.3, 0.4) is 0 Å². The first-order valence-electron chi connectivity index (χ1n) is 14.2. The summed E-state index contributed by atoms with van der Waals surface area (Å²) in [6.45, 7) is 15.2. The minimum atomic E-state index is -0.934. The van der Waals surface area contributed by atoms with Crippen LogP contribution in [-0.2, 0) is 14.3 Å². The van der Waals surface area contributed by atoms with E-state index in [4.69, 9.17) is 16.3 Å². The molecule has 2 aromatic rings. The van der Waals surface area contributed by atoms with Crippen molar-refractivity contribution in [3.05, 3.63) is 63.7 Å². The number of unbranched alkanes of at least 4 members (excludes halogenated alkanes) is 4. The predicted molar refractivity (Wildman–Crippen MR) is 163 cm³/mol. The lowest BCUT2D eigenvalue weighted by Crippen LogP contribution is -2.51. The van der Waals surface area contributed by atoms with Crippen LogP contribution < -0.4 is 10.6 Å². The normalized spacial score (nSPS) is 12.8. The van der Waals surface area contributed by atoms with E-state index in [9.17, 15) is 14.4 Å². The van der Waals surface area contributed by atoms with Crippen LogP contribution >= 0.6 is 11.6 Å². The lowest BCUT2D eigenvalue weighted by molar-refractivity contribution is -0.140. The number of nitrogens with zero attached hydrogens (tertiary/aromatic N) is 1. The Labute approximate surface area is 245 Å². The first-order valence-corrected chi connectivity index (χ1v) is 14.6. The molecule has 220 valence electrons. The highest BCUT2D eigenvalue weighted by Gasteiger charge is 2.35. The van der Waals surface area contributed by atoms with Crippen molar-refractivity contribution in [3.63, 3.8) is 0 Å². The molecule has 40 heavy (non-hydrogen) atoms. The highest BCUT2D eigenvalue weighted by molar-refractivity contribution is 6.34. The number of para-hydroxylation sites is 1. The summed E-state index contributed by atoms with van der Waals surface area (Å²) in [4.78, 5) is 42.2. The summed E-state index contributed by atoms with van der Waals surface area (Å²) < 4.78 is 5.38.